The Balaban J connectivity index is 2.06. The van der Waals surface area contributed by atoms with Crippen LogP contribution in [0.25, 0.3) is 33.8 Å². The van der Waals surface area contributed by atoms with Gasteiger partial charge in [0.1, 0.15) is 11.4 Å². The van der Waals surface area contributed by atoms with Crippen LogP contribution < -0.4 is 0 Å². The molecule has 3 aromatic heterocycles. The molecule has 26 heavy (non-hydrogen) atoms. The van der Waals surface area contributed by atoms with Crippen molar-refractivity contribution in [3.05, 3.63) is 69.0 Å². The van der Waals surface area contributed by atoms with Crippen molar-refractivity contribution in [3.8, 4) is 22.8 Å². The van der Waals surface area contributed by atoms with E-state index in [1.54, 1.807) is 36.7 Å². The van der Waals surface area contributed by atoms with Crippen LogP contribution in [-0.4, -0.2) is 29.8 Å². The van der Waals surface area contributed by atoms with E-state index in [2.05, 4.69) is 19.9 Å². The molecule has 0 atom stereocenters. The van der Waals surface area contributed by atoms with E-state index in [0.29, 0.717) is 22.8 Å². The Bertz CT molecular complexity index is 1040. The molecule has 10 heteroatoms. The van der Waals surface area contributed by atoms with E-state index in [1.807, 2.05) is 0 Å². The van der Waals surface area contributed by atoms with Crippen molar-refractivity contribution in [1.29, 1.82) is 0 Å². The summed E-state index contributed by atoms with van der Waals surface area (Å²) in [5, 5.41) is 22.4. The molecule has 0 aliphatic rings. The zero-order valence-electron chi connectivity index (χ0n) is 13.0. The minimum Gasteiger partial charge on any atom is -0.360 e. The normalized spacial score (nSPS) is 10.9. The molecule has 0 unspecified atom stereocenters. The summed E-state index contributed by atoms with van der Waals surface area (Å²) in [5.41, 5.74) is 1.45. The largest absolute Gasteiger partial charge is 0.360 e. The van der Waals surface area contributed by atoms with Crippen molar-refractivity contribution in [2.24, 2.45) is 0 Å². The van der Waals surface area contributed by atoms with Crippen LogP contribution in [0.15, 0.2) is 48.8 Å². The molecule has 2 N–H and O–H groups in total. The number of nitro benzene ring substituents is 2. The van der Waals surface area contributed by atoms with Crippen molar-refractivity contribution in [2.45, 2.75) is 0 Å². The molecule has 0 spiro atoms. The molecule has 0 aliphatic carbocycles. The lowest BCUT2D eigenvalue weighted by molar-refractivity contribution is -0.422. The third kappa shape index (κ3) is 2.45. The quantitative estimate of drug-likeness (QED) is 0.426. The third-order valence-corrected chi connectivity index (χ3v) is 3.86. The number of hydrogen-bond donors (Lipinski definition) is 2. The zero-order chi connectivity index (χ0) is 18.3. The van der Waals surface area contributed by atoms with E-state index in [0.717, 1.165) is 12.1 Å². The number of aromatic amines is 2. The maximum absolute atomic E-state index is 11.2. The summed E-state index contributed by atoms with van der Waals surface area (Å²) >= 11 is 0. The number of nitrogens with one attached hydrogen (secondary N) is 2. The Morgan fingerprint density at radius 1 is 0.769 bits per heavy atom. The molecule has 0 fully saturated rings. The lowest BCUT2D eigenvalue weighted by atomic mass is 10.1. The molecule has 0 aliphatic heterocycles. The van der Waals surface area contributed by atoms with E-state index >= 15 is 0 Å². The van der Waals surface area contributed by atoms with Gasteiger partial charge >= 0.3 is 11.4 Å². The predicted molar refractivity (Wildman–Crippen MR) is 92.4 cm³/mol. The average Bonchev–Trinajstić information content (AvgIpc) is 3.32. The number of aromatic nitrogens is 4. The second-order valence-electron chi connectivity index (χ2n) is 5.43. The fourth-order valence-electron chi connectivity index (χ4n) is 2.70. The molecule has 1 aromatic carbocycles. The highest BCUT2D eigenvalue weighted by Crippen LogP contribution is 2.34. The molecule has 0 saturated heterocycles. The van der Waals surface area contributed by atoms with Crippen molar-refractivity contribution < 1.29 is 9.85 Å². The van der Waals surface area contributed by atoms with Gasteiger partial charge in [0.05, 0.1) is 44.4 Å². The van der Waals surface area contributed by atoms with Crippen LogP contribution in [0.1, 0.15) is 0 Å². The van der Waals surface area contributed by atoms with Gasteiger partial charge in [0, 0.05) is 12.4 Å². The second kappa shape index (κ2) is 5.77. The number of hydrogen-bond acceptors (Lipinski definition) is 6. The maximum Gasteiger partial charge on any atom is 0.348 e. The standard InChI is InChI=1S/C16H10N6O4/c23-21(24)13-7-11-12(8-14(13)22(25)26)20-16(10-4-2-6-18-10)15(19-11)9-3-1-5-17-9/h1-8,17-18H. The minimum absolute atomic E-state index is 0.196. The SMILES string of the molecule is O=[N+]([O-])c1cc2nc(-c3ccc[nH]3)c(-c3ccc[nH]3)nc2cc1[N+](=O)[O-]. The van der Waals surface area contributed by atoms with Crippen LogP contribution in [0.2, 0.25) is 0 Å². The van der Waals surface area contributed by atoms with Gasteiger partial charge in [-0.15, -0.1) is 0 Å². The van der Waals surface area contributed by atoms with Crippen molar-refractivity contribution in [1.82, 2.24) is 19.9 Å². The molecule has 4 rings (SSSR count). The number of nitro groups is 2. The molecular weight excluding hydrogens is 340 g/mol. The van der Waals surface area contributed by atoms with E-state index in [1.165, 1.54) is 0 Å². The zero-order valence-corrected chi connectivity index (χ0v) is 13.0. The molecular formula is C16H10N6O4. The topological polar surface area (TPSA) is 144 Å². The summed E-state index contributed by atoms with van der Waals surface area (Å²) in [6.07, 6.45) is 3.44. The second-order valence-corrected chi connectivity index (χ2v) is 5.43. The highest BCUT2D eigenvalue weighted by molar-refractivity contribution is 5.88. The first-order valence-corrected chi connectivity index (χ1v) is 7.46. The fourth-order valence-corrected chi connectivity index (χ4v) is 2.70. The van der Waals surface area contributed by atoms with Gasteiger partial charge in [-0.25, -0.2) is 9.97 Å². The van der Waals surface area contributed by atoms with Gasteiger partial charge in [0.15, 0.2) is 0 Å². The Morgan fingerprint density at radius 3 is 1.50 bits per heavy atom. The van der Waals surface area contributed by atoms with E-state index in [4.69, 9.17) is 0 Å². The van der Waals surface area contributed by atoms with Crippen LogP contribution in [0.5, 0.6) is 0 Å². The van der Waals surface area contributed by atoms with Crippen LogP contribution in [0.4, 0.5) is 11.4 Å². The van der Waals surface area contributed by atoms with E-state index in [9.17, 15) is 20.2 Å². The minimum atomic E-state index is -0.799. The first-order chi connectivity index (χ1) is 12.5. The Labute approximate surface area is 144 Å². The van der Waals surface area contributed by atoms with E-state index in [-0.39, 0.29) is 11.0 Å². The number of H-pyrrole nitrogens is 2. The monoisotopic (exact) mass is 350 g/mol. The summed E-state index contributed by atoms with van der Waals surface area (Å²) in [6.45, 7) is 0. The van der Waals surface area contributed by atoms with Gasteiger partial charge in [0.2, 0.25) is 0 Å². The molecule has 0 radical (unpaired) electrons. The Kier molecular flexibility index (Phi) is 3.43. The lowest BCUT2D eigenvalue weighted by Crippen LogP contribution is -2.00. The summed E-state index contributed by atoms with van der Waals surface area (Å²) in [6, 6.07) is 9.32. The number of nitrogens with zero attached hydrogens (tertiary/aromatic N) is 4. The molecule has 4 aromatic rings. The number of rotatable bonds is 4. The van der Waals surface area contributed by atoms with E-state index < -0.39 is 21.2 Å². The van der Waals surface area contributed by atoms with Crippen molar-refractivity contribution >= 4 is 22.4 Å². The van der Waals surface area contributed by atoms with Gasteiger partial charge in [-0.2, -0.15) is 0 Å². The van der Waals surface area contributed by atoms with Gasteiger partial charge < -0.3 is 9.97 Å². The van der Waals surface area contributed by atoms with Crippen LogP contribution in [0.3, 0.4) is 0 Å². The first-order valence-electron chi connectivity index (χ1n) is 7.46. The molecule has 128 valence electrons. The van der Waals surface area contributed by atoms with Crippen molar-refractivity contribution in [2.75, 3.05) is 0 Å². The smallest absolute Gasteiger partial charge is 0.348 e. The average molecular weight is 350 g/mol. The van der Waals surface area contributed by atoms with Crippen LogP contribution in [0, 0.1) is 20.2 Å². The van der Waals surface area contributed by atoms with Gasteiger partial charge in [-0.1, -0.05) is 0 Å². The lowest BCUT2D eigenvalue weighted by Gasteiger charge is -2.08. The highest BCUT2D eigenvalue weighted by atomic mass is 16.6. The van der Waals surface area contributed by atoms with Gasteiger partial charge in [-0.05, 0) is 24.3 Å². The van der Waals surface area contributed by atoms with Crippen LogP contribution >= 0.6 is 0 Å². The van der Waals surface area contributed by atoms with Gasteiger partial charge in [-0.3, -0.25) is 20.2 Å². The maximum atomic E-state index is 11.2. The molecule has 0 saturated carbocycles. The highest BCUT2D eigenvalue weighted by Gasteiger charge is 2.27. The summed E-state index contributed by atoms with van der Waals surface area (Å²) in [5.74, 6) is 0. The van der Waals surface area contributed by atoms with Crippen LogP contribution in [-0.2, 0) is 0 Å². The molecule has 0 amide bonds. The Morgan fingerprint density at radius 2 is 1.19 bits per heavy atom. The molecule has 0 bridgehead atoms. The third-order valence-electron chi connectivity index (χ3n) is 3.86. The summed E-state index contributed by atoms with van der Waals surface area (Å²) in [4.78, 5) is 35.8. The first kappa shape index (κ1) is 15.4. The molecule has 10 nitrogen and oxygen atoms in total. The van der Waals surface area contributed by atoms with Gasteiger partial charge in [0.25, 0.3) is 0 Å². The Hall–Kier alpha value is -4.08. The fraction of sp³-hybridized carbons (Fsp3) is 0. The predicted octanol–water partition coefficient (Wildman–Crippen LogP) is 3.44. The molecule has 3 heterocycles. The number of fused-ring (bicyclic) bond motifs is 1. The van der Waals surface area contributed by atoms with Crippen molar-refractivity contribution in [3.63, 3.8) is 0 Å². The summed E-state index contributed by atoms with van der Waals surface area (Å²) < 4.78 is 0. The summed E-state index contributed by atoms with van der Waals surface area (Å²) in [7, 11) is 0. The number of benzene rings is 1.